The molecule has 0 aromatic heterocycles. The normalized spacial score (nSPS) is 33.4. The average Bonchev–Trinajstić information content (AvgIpc) is 2.75. The van der Waals surface area contributed by atoms with Crippen molar-refractivity contribution >= 4 is 16.7 Å². The molecule has 2 aliphatic carbocycles. The van der Waals surface area contributed by atoms with Crippen molar-refractivity contribution in [2.24, 2.45) is 28.6 Å². The highest BCUT2D eigenvalue weighted by Gasteiger charge is 2.53. The van der Waals surface area contributed by atoms with Crippen molar-refractivity contribution in [3.05, 3.63) is 23.8 Å². The van der Waals surface area contributed by atoms with Crippen LogP contribution in [-0.4, -0.2) is 64.0 Å². The van der Waals surface area contributed by atoms with E-state index in [2.05, 4.69) is 39.6 Å². The van der Waals surface area contributed by atoms with Crippen molar-refractivity contribution in [3.8, 4) is 5.75 Å². The first-order valence-electron chi connectivity index (χ1n) is 12.7. The highest BCUT2D eigenvalue weighted by atomic mass is 32.2. The number of carbonyl (C=O) groups is 1. The Balaban J connectivity index is 1.55. The Kier molecular flexibility index (Phi) is 6.99. The Hall–Kier alpha value is -1.40. The molecule has 5 atom stereocenters. The monoisotopic (exact) mass is 474 g/mol. The lowest BCUT2D eigenvalue weighted by molar-refractivity contribution is -0.0853. The third-order valence-corrected chi connectivity index (χ3v) is 10.7. The Morgan fingerprint density at radius 2 is 1.79 bits per heavy atom. The predicted octanol–water partition coefficient (Wildman–Crippen LogP) is 4.77. The summed E-state index contributed by atoms with van der Waals surface area (Å²) >= 11 is 0. The van der Waals surface area contributed by atoms with E-state index in [9.17, 15) is 14.1 Å². The van der Waals surface area contributed by atoms with Gasteiger partial charge in [-0.3, -0.25) is 9.00 Å². The van der Waals surface area contributed by atoms with Crippen molar-refractivity contribution in [1.82, 2.24) is 9.80 Å². The van der Waals surface area contributed by atoms with Crippen LogP contribution in [0.3, 0.4) is 0 Å². The molecule has 3 fully saturated rings. The molecule has 184 valence electrons. The molecule has 4 rings (SSSR count). The maximum absolute atomic E-state index is 13.7. The van der Waals surface area contributed by atoms with Crippen LogP contribution in [-0.2, 0) is 10.8 Å². The van der Waals surface area contributed by atoms with Gasteiger partial charge in [-0.05, 0) is 73.1 Å². The number of aromatic hydroxyl groups is 1. The number of piperazine rings is 1. The molecule has 1 amide bonds. The molecule has 0 bridgehead atoms. The molecule has 33 heavy (non-hydrogen) atoms. The summed E-state index contributed by atoms with van der Waals surface area (Å²) in [5.41, 5.74) is 0.979. The van der Waals surface area contributed by atoms with E-state index in [1.165, 1.54) is 38.2 Å². The quantitative estimate of drug-likeness (QED) is 0.683. The number of amides is 1. The Morgan fingerprint density at radius 1 is 1.09 bits per heavy atom. The number of fused-ring (bicyclic) bond motifs is 1. The smallest absolute Gasteiger partial charge is 0.254 e. The Morgan fingerprint density at radius 3 is 2.48 bits per heavy atom. The van der Waals surface area contributed by atoms with Gasteiger partial charge in [-0.2, -0.15) is 0 Å². The molecule has 1 N–H and O–H groups in total. The molecule has 2 saturated carbocycles. The van der Waals surface area contributed by atoms with Crippen molar-refractivity contribution in [2.75, 3.05) is 39.0 Å². The van der Waals surface area contributed by atoms with E-state index in [0.717, 1.165) is 13.1 Å². The van der Waals surface area contributed by atoms with E-state index in [4.69, 9.17) is 0 Å². The zero-order valence-electron chi connectivity index (χ0n) is 21.1. The van der Waals surface area contributed by atoms with Gasteiger partial charge in [0, 0.05) is 42.4 Å². The third kappa shape index (κ3) is 4.88. The second-order valence-corrected chi connectivity index (χ2v) is 13.4. The van der Waals surface area contributed by atoms with E-state index >= 15 is 0 Å². The number of likely N-dealkylation sites (N-methyl/N-ethyl adjacent to an activating group) is 1. The Bertz CT molecular complexity index is 909. The van der Waals surface area contributed by atoms with Gasteiger partial charge in [-0.25, -0.2) is 0 Å². The summed E-state index contributed by atoms with van der Waals surface area (Å²) in [6, 6.07) is 4.87. The van der Waals surface area contributed by atoms with Crippen molar-refractivity contribution in [2.45, 2.75) is 64.7 Å². The van der Waals surface area contributed by atoms with Crippen LogP contribution < -0.4 is 0 Å². The number of rotatable bonds is 4. The lowest BCUT2D eigenvalue weighted by Crippen LogP contribution is -2.52. The molecule has 1 aliphatic heterocycles. The summed E-state index contributed by atoms with van der Waals surface area (Å²) in [6.45, 7) is 12.7. The molecule has 5 nitrogen and oxygen atoms in total. The van der Waals surface area contributed by atoms with E-state index in [1.807, 2.05) is 4.90 Å². The van der Waals surface area contributed by atoms with Crippen LogP contribution in [0, 0.1) is 28.6 Å². The van der Waals surface area contributed by atoms with E-state index in [1.54, 1.807) is 12.1 Å². The molecule has 6 heteroatoms. The number of phenolic OH excluding ortho intramolecular Hbond substituents is 1. The number of hydrogen-bond acceptors (Lipinski definition) is 4. The van der Waals surface area contributed by atoms with Crippen molar-refractivity contribution in [1.29, 1.82) is 0 Å². The minimum atomic E-state index is -1.25. The van der Waals surface area contributed by atoms with Crippen LogP contribution in [0.1, 0.15) is 70.2 Å². The molecule has 0 spiro atoms. The second-order valence-electron chi connectivity index (χ2n) is 11.9. The molecule has 1 aromatic rings. The van der Waals surface area contributed by atoms with Gasteiger partial charge in [0.05, 0.1) is 10.8 Å². The third-order valence-electron chi connectivity index (χ3n) is 9.24. The predicted molar refractivity (Wildman–Crippen MR) is 134 cm³/mol. The first-order chi connectivity index (χ1) is 15.5. The topological polar surface area (TPSA) is 60.9 Å². The molecule has 1 heterocycles. The lowest BCUT2D eigenvalue weighted by Gasteiger charge is -2.59. The van der Waals surface area contributed by atoms with Crippen LogP contribution >= 0.6 is 0 Å². The summed E-state index contributed by atoms with van der Waals surface area (Å²) in [6.07, 6.45) is 6.19. The Labute approximate surface area is 202 Å². The van der Waals surface area contributed by atoms with E-state index < -0.39 is 10.8 Å². The van der Waals surface area contributed by atoms with Gasteiger partial charge in [-0.15, -0.1) is 0 Å². The maximum Gasteiger partial charge on any atom is 0.254 e. The highest BCUT2D eigenvalue weighted by Crippen LogP contribution is 2.61. The van der Waals surface area contributed by atoms with Crippen LogP contribution in [0.25, 0.3) is 0 Å². The van der Waals surface area contributed by atoms with Crippen LogP contribution in [0.2, 0.25) is 0 Å². The minimum Gasteiger partial charge on any atom is -0.508 e. The van der Waals surface area contributed by atoms with Gasteiger partial charge in [0.2, 0.25) is 0 Å². The van der Waals surface area contributed by atoms with Gasteiger partial charge in [-0.1, -0.05) is 40.5 Å². The number of nitrogens with zero attached hydrogens (tertiary/aromatic N) is 2. The fraction of sp³-hybridized carbons (Fsp3) is 0.741. The summed E-state index contributed by atoms with van der Waals surface area (Å²) in [4.78, 5) is 17.7. The summed E-state index contributed by atoms with van der Waals surface area (Å²) in [5.74, 6) is 2.14. The molecular weight excluding hydrogens is 432 g/mol. The largest absolute Gasteiger partial charge is 0.508 e. The van der Waals surface area contributed by atoms with Crippen LogP contribution in [0.5, 0.6) is 5.75 Å². The zero-order chi connectivity index (χ0) is 24.0. The van der Waals surface area contributed by atoms with Gasteiger partial charge in [0.15, 0.2) is 0 Å². The molecule has 1 saturated heterocycles. The van der Waals surface area contributed by atoms with Crippen LogP contribution in [0.4, 0.5) is 0 Å². The highest BCUT2D eigenvalue weighted by molar-refractivity contribution is 7.85. The van der Waals surface area contributed by atoms with Crippen molar-refractivity contribution < 1.29 is 14.1 Å². The number of benzene rings is 1. The molecular formula is C27H42N2O3S. The maximum atomic E-state index is 13.7. The standard InChI is InChI=1S/C27H42N2O3S/c1-19-7-8-24-26(2,3)9-6-10-27(24,4)23(19)18-33(32)22-16-20(15-21(30)17-22)25(31)29-13-11-28(5)12-14-29/h15-17,19,23-24,30H,6-14,18H2,1-5H3. The molecule has 5 unspecified atom stereocenters. The van der Waals surface area contributed by atoms with Gasteiger partial charge < -0.3 is 14.9 Å². The second kappa shape index (κ2) is 9.33. The fourth-order valence-electron chi connectivity index (χ4n) is 7.26. The van der Waals surface area contributed by atoms with E-state index in [0.29, 0.717) is 52.5 Å². The average molecular weight is 475 g/mol. The van der Waals surface area contributed by atoms with Gasteiger partial charge in [0.25, 0.3) is 5.91 Å². The summed E-state index contributed by atoms with van der Waals surface area (Å²) in [7, 11) is 0.803. The first kappa shape index (κ1) is 24.7. The molecule has 0 radical (unpaired) electrons. The van der Waals surface area contributed by atoms with E-state index in [-0.39, 0.29) is 17.1 Å². The fourth-order valence-corrected chi connectivity index (χ4v) is 8.99. The number of hydrogen-bond donors (Lipinski definition) is 1. The summed E-state index contributed by atoms with van der Waals surface area (Å²) in [5, 5.41) is 10.4. The molecule has 1 aromatic carbocycles. The molecule has 3 aliphatic rings. The SMILES string of the molecule is CC1CCC2C(C)(C)CCCC2(C)C1CS(=O)c1cc(O)cc(C(=O)N2CCN(C)CC2)c1. The van der Waals surface area contributed by atoms with Crippen LogP contribution in [0.15, 0.2) is 23.1 Å². The number of phenols is 1. The van der Waals surface area contributed by atoms with Gasteiger partial charge >= 0.3 is 0 Å². The first-order valence-corrected chi connectivity index (χ1v) is 14.0. The summed E-state index contributed by atoms with van der Waals surface area (Å²) < 4.78 is 13.7. The van der Waals surface area contributed by atoms with Gasteiger partial charge in [0.1, 0.15) is 5.75 Å². The minimum absolute atomic E-state index is 0.0258. The zero-order valence-corrected chi connectivity index (χ0v) is 21.9. The number of carbonyl (C=O) groups excluding carboxylic acids is 1. The lowest BCUT2D eigenvalue weighted by atomic mass is 9.47. The van der Waals surface area contributed by atoms with Crippen molar-refractivity contribution in [3.63, 3.8) is 0 Å².